The van der Waals surface area contributed by atoms with E-state index in [0.717, 1.165) is 17.8 Å². The Bertz CT molecular complexity index is 327. The third-order valence-electron chi connectivity index (χ3n) is 2.12. The first-order valence-electron chi connectivity index (χ1n) is 4.28. The predicted molar refractivity (Wildman–Crippen MR) is 50.2 cm³/mol. The third kappa shape index (κ3) is 1.13. The number of rotatable bonds is 1. The van der Waals surface area contributed by atoms with Crippen molar-refractivity contribution in [1.29, 1.82) is 0 Å². The van der Waals surface area contributed by atoms with Crippen LogP contribution in [0.15, 0.2) is 17.3 Å². The summed E-state index contributed by atoms with van der Waals surface area (Å²) in [6.07, 6.45) is 4.83. The number of pyridine rings is 1. The van der Waals surface area contributed by atoms with Crippen LogP contribution < -0.4 is 0 Å². The van der Waals surface area contributed by atoms with E-state index >= 15 is 0 Å². The number of nitrogens with zero attached hydrogens (tertiary/aromatic N) is 2. The maximum absolute atomic E-state index is 4.37. The van der Waals surface area contributed by atoms with Crippen molar-refractivity contribution in [2.45, 2.75) is 26.2 Å². The van der Waals surface area contributed by atoms with Crippen LogP contribution in [0.1, 0.15) is 31.0 Å². The standard InChI is InChI=1S/C10H12N2/c1-7(2)9-5-10-8(6-12-9)3-4-11-10/h4-7H,3H2,1-2H3. The lowest BCUT2D eigenvalue weighted by Crippen LogP contribution is -1.92. The van der Waals surface area contributed by atoms with Crippen molar-refractivity contribution >= 4 is 11.9 Å². The monoisotopic (exact) mass is 160 g/mol. The second kappa shape index (κ2) is 2.70. The summed E-state index contributed by atoms with van der Waals surface area (Å²) in [5.41, 5.74) is 3.49. The highest BCUT2D eigenvalue weighted by atomic mass is 14.8. The molecule has 0 unspecified atom stereocenters. The fourth-order valence-electron chi connectivity index (χ4n) is 1.32. The second-order valence-corrected chi connectivity index (χ2v) is 3.41. The molecule has 2 heterocycles. The molecule has 0 atom stereocenters. The molecule has 0 N–H and O–H groups in total. The smallest absolute Gasteiger partial charge is 0.0695 e. The minimum absolute atomic E-state index is 0.492. The number of hydrogen-bond acceptors (Lipinski definition) is 2. The van der Waals surface area contributed by atoms with E-state index < -0.39 is 0 Å². The van der Waals surface area contributed by atoms with E-state index in [1.807, 2.05) is 12.4 Å². The molecule has 2 rings (SSSR count). The molecule has 0 aromatic carbocycles. The molecule has 0 radical (unpaired) electrons. The van der Waals surface area contributed by atoms with Crippen molar-refractivity contribution in [1.82, 2.24) is 4.98 Å². The predicted octanol–water partition coefficient (Wildman–Crippen LogP) is 2.46. The van der Waals surface area contributed by atoms with E-state index in [-0.39, 0.29) is 0 Å². The van der Waals surface area contributed by atoms with Gasteiger partial charge in [0.25, 0.3) is 0 Å². The Morgan fingerprint density at radius 2 is 2.25 bits per heavy atom. The number of aliphatic imine (C=N–C) groups is 1. The largest absolute Gasteiger partial charge is 0.261 e. The summed E-state index contributed by atoms with van der Waals surface area (Å²) in [5.74, 6) is 0.492. The van der Waals surface area contributed by atoms with E-state index in [1.54, 1.807) is 0 Å². The molecular formula is C10H12N2. The Labute approximate surface area is 72.4 Å². The molecule has 0 spiro atoms. The van der Waals surface area contributed by atoms with Crippen LogP contribution in [0.5, 0.6) is 0 Å². The Morgan fingerprint density at radius 3 is 3.00 bits per heavy atom. The minimum Gasteiger partial charge on any atom is -0.261 e. The van der Waals surface area contributed by atoms with Gasteiger partial charge in [0.2, 0.25) is 0 Å². The maximum atomic E-state index is 4.37. The van der Waals surface area contributed by atoms with Gasteiger partial charge in [-0.05, 0) is 12.0 Å². The SMILES string of the molecule is CC(C)c1cc2c(cn1)CC=N2. The lowest BCUT2D eigenvalue weighted by molar-refractivity contribution is 0.821. The van der Waals surface area contributed by atoms with Crippen LogP contribution in [0, 0.1) is 0 Å². The lowest BCUT2D eigenvalue weighted by atomic mass is 10.1. The zero-order valence-electron chi connectivity index (χ0n) is 7.41. The Balaban J connectivity index is 2.44. The van der Waals surface area contributed by atoms with Crippen molar-refractivity contribution in [3.8, 4) is 0 Å². The zero-order chi connectivity index (χ0) is 8.55. The fraction of sp³-hybridized carbons (Fsp3) is 0.400. The molecule has 1 aromatic heterocycles. The molecule has 0 saturated carbocycles. The van der Waals surface area contributed by atoms with Gasteiger partial charge in [-0.3, -0.25) is 9.98 Å². The highest BCUT2D eigenvalue weighted by molar-refractivity contribution is 5.75. The Morgan fingerprint density at radius 1 is 1.42 bits per heavy atom. The first-order valence-corrected chi connectivity index (χ1v) is 4.28. The van der Waals surface area contributed by atoms with E-state index in [9.17, 15) is 0 Å². The molecule has 2 nitrogen and oxygen atoms in total. The molecule has 0 amide bonds. The fourth-order valence-corrected chi connectivity index (χ4v) is 1.32. The van der Waals surface area contributed by atoms with Gasteiger partial charge in [-0.2, -0.15) is 0 Å². The molecule has 12 heavy (non-hydrogen) atoms. The Kier molecular flexibility index (Phi) is 1.68. The number of aromatic nitrogens is 1. The van der Waals surface area contributed by atoms with E-state index in [2.05, 4.69) is 29.9 Å². The second-order valence-electron chi connectivity index (χ2n) is 3.41. The summed E-state index contributed by atoms with van der Waals surface area (Å²) in [6, 6.07) is 2.09. The summed E-state index contributed by atoms with van der Waals surface area (Å²) in [7, 11) is 0. The van der Waals surface area contributed by atoms with Gasteiger partial charge in [0.1, 0.15) is 0 Å². The van der Waals surface area contributed by atoms with Gasteiger partial charge >= 0.3 is 0 Å². The minimum atomic E-state index is 0.492. The molecule has 0 fully saturated rings. The quantitative estimate of drug-likeness (QED) is 0.619. The van der Waals surface area contributed by atoms with Crippen molar-refractivity contribution in [3.05, 3.63) is 23.5 Å². The first-order chi connectivity index (χ1) is 5.77. The summed E-state index contributed by atoms with van der Waals surface area (Å²) in [6.45, 7) is 4.29. The summed E-state index contributed by atoms with van der Waals surface area (Å²) >= 11 is 0. The Hall–Kier alpha value is -1.18. The van der Waals surface area contributed by atoms with Gasteiger partial charge in [-0.25, -0.2) is 0 Å². The van der Waals surface area contributed by atoms with E-state index in [4.69, 9.17) is 0 Å². The summed E-state index contributed by atoms with van der Waals surface area (Å²) in [4.78, 5) is 8.65. The molecule has 2 heteroatoms. The molecule has 0 aliphatic carbocycles. The third-order valence-corrected chi connectivity index (χ3v) is 2.12. The normalized spacial score (nSPS) is 13.9. The molecule has 62 valence electrons. The summed E-state index contributed by atoms with van der Waals surface area (Å²) < 4.78 is 0. The number of hydrogen-bond donors (Lipinski definition) is 0. The van der Waals surface area contributed by atoms with E-state index in [0.29, 0.717) is 5.92 Å². The van der Waals surface area contributed by atoms with Crippen LogP contribution in [0.25, 0.3) is 0 Å². The highest BCUT2D eigenvalue weighted by Gasteiger charge is 2.09. The molecule has 1 aliphatic rings. The van der Waals surface area contributed by atoms with Crippen LogP contribution in [0.3, 0.4) is 0 Å². The van der Waals surface area contributed by atoms with Gasteiger partial charge in [0.15, 0.2) is 0 Å². The first kappa shape index (κ1) is 7.47. The average molecular weight is 160 g/mol. The highest BCUT2D eigenvalue weighted by Crippen LogP contribution is 2.26. The molecule has 0 bridgehead atoms. The van der Waals surface area contributed by atoms with Crippen LogP contribution in [0.2, 0.25) is 0 Å². The van der Waals surface area contributed by atoms with Crippen molar-refractivity contribution in [2.24, 2.45) is 4.99 Å². The van der Waals surface area contributed by atoms with Crippen LogP contribution in [-0.4, -0.2) is 11.2 Å². The van der Waals surface area contributed by atoms with Gasteiger partial charge in [0, 0.05) is 30.1 Å². The number of fused-ring (bicyclic) bond motifs is 1. The zero-order valence-corrected chi connectivity index (χ0v) is 7.41. The van der Waals surface area contributed by atoms with Crippen LogP contribution >= 0.6 is 0 Å². The summed E-state index contributed by atoms with van der Waals surface area (Å²) in [5, 5.41) is 0. The molecular weight excluding hydrogens is 148 g/mol. The lowest BCUT2D eigenvalue weighted by Gasteiger charge is -2.04. The van der Waals surface area contributed by atoms with Gasteiger partial charge in [-0.1, -0.05) is 13.8 Å². The van der Waals surface area contributed by atoms with Crippen molar-refractivity contribution in [3.63, 3.8) is 0 Å². The van der Waals surface area contributed by atoms with Crippen molar-refractivity contribution < 1.29 is 0 Å². The van der Waals surface area contributed by atoms with Gasteiger partial charge < -0.3 is 0 Å². The van der Waals surface area contributed by atoms with Gasteiger partial charge in [0.05, 0.1) is 5.69 Å². The molecule has 1 aromatic rings. The molecule has 0 saturated heterocycles. The van der Waals surface area contributed by atoms with Crippen LogP contribution in [0.4, 0.5) is 5.69 Å². The maximum Gasteiger partial charge on any atom is 0.0695 e. The average Bonchev–Trinajstić information content (AvgIpc) is 2.49. The van der Waals surface area contributed by atoms with Gasteiger partial charge in [-0.15, -0.1) is 0 Å². The van der Waals surface area contributed by atoms with Crippen LogP contribution in [-0.2, 0) is 6.42 Å². The van der Waals surface area contributed by atoms with E-state index in [1.165, 1.54) is 5.56 Å². The molecule has 1 aliphatic heterocycles. The topological polar surface area (TPSA) is 25.2 Å². The van der Waals surface area contributed by atoms with Crippen molar-refractivity contribution in [2.75, 3.05) is 0 Å².